The highest BCUT2D eigenvalue weighted by molar-refractivity contribution is 6.20. The summed E-state index contributed by atoms with van der Waals surface area (Å²) >= 11 is 5.96. The van der Waals surface area contributed by atoms with Gasteiger partial charge in [-0.25, -0.2) is 5.01 Å². The van der Waals surface area contributed by atoms with Gasteiger partial charge in [0.15, 0.2) is 0 Å². The number of piperidine rings is 1. The molecule has 11 heavy (non-hydrogen) atoms. The van der Waals surface area contributed by atoms with Gasteiger partial charge in [0, 0.05) is 25.0 Å². The van der Waals surface area contributed by atoms with Gasteiger partial charge in [0.2, 0.25) is 0 Å². The van der Waals surface area contributed by atoms with Crippen molar-refractivity contribution in [1.82, 2.24) is 10.4 Å². The number of hydrogen-bond acceptors (Lipinski definition) is 2. The number of halogens is 1. The van der Waals surface area contributed by atoms with E-state index in [9.17, 15) is 0 Å². The molecule has 0 unspecified atom stereocenters. The van der Waals surface area contributed by atoms with Gasteiger partial charge in [0.1, 0.15) is 0 Å². The molecule has 1 N–H and O–H groups in total. The molecule has 0 amide bonds. The normalized spacial score (nSPS) is 22.4. The minimum absolute atomic E-state index is 0.412. The summed E-state index contributed by atoms with van der Waals surface area (Å²) in [6.45, 7) is 5.48. The van der Waals surface area contributed by atoms with E-state index in [4.69, 9.17) is 11.6 Å². The second-order valence-electron chi connectivity index (χ2n) is 3.07. The van der Waals surface area contributed by atoms with Crippen LogP contribution in [0.15, 0.2) is 0 Å². The van der Waals surface area contributed by atoms with Crippen LogP contribution in [-0.2, 0) is 0 Å². The molecular formula is C8H17ClN2. The summed E-state index contributed by atoms with van der Waals surface area (Å²) < 4.78 is 0. The number of hydrazine groups is 1. The standard InChI is InChI=1S/C8H17ClN2/c1-2-5-10-11-6-3-8(9)4-7-11/h8,10H,2-7H2,1H3. The minimum atomic E-state index is 0.412. The molecule has 0 aromatic heterocycles. The Balaban J connectivity index is 2.07. The lowest BCUT2D eigenvalue weighted by atomic mass is 10.1. The number of nitrogens with one attached hydrogen (secondary N) is 1. The molecule has 0 bridgehead atoms. The minimum Gasteiger partial charge on any atom is -0.255 e. The van der Waals surface area contributed by atoms with E-state index < -0.39 is 0 Å². The van der Waals surface area contributed by atoms with Crippen molar-refractivity contribution in [1.29, 1.82) is 0 Å². The first-order chi connectivity index (χ1) is 5.33. The van der Waals surface area contributed by atoms with Crippen LogP contribution in [-0.4, -0.2) is 30.0 Å². The van der Waals surface area contributed by atoms with Gasteiger partial charge in [-0.15, -0.1) is 11.6 Å². The highest BCUT2D eigenvalue weighted by atomic mass is 35.5. The molecule has 3 heteroatoms. The molecule has 1 aliphatic heterocycles. The van der Waals surface area contributed by atoms with Crippen molar-refractivity contribution in [2.45, 2.75) is 31.6 Å². The lowest BCUT2D eigenvalue weighted by molar-refractivity contribution is 0.157. The highest BCUT2D eigenvalue weighted by Gasteiger charge is 2.15. The van der Waals surface area contributed by atoms with Crippen molar-refractivity contribution in [2.75, 3.05) is 19.6 Å². The smallest absolute Gasteiger partial charge is 0.0361 e. The van der Waals surface area contributed by atoms with E-state index >= 15 is 0 Å². The van der Waals surface area contributed by atoms with Crippen LogP contribution < -0.4 is 5.43 Å². The molecule has 66 valence electrons. The van der Waals surface area contributed by atoms with Crippen LogP contribution in [0.25, 0.3) is 0 Å². The van der Waals surface area contributed by atoms with Gasteiger partial charge in [0.25, 0.3) is 0 Å². The SMILES string of the molecule is CCCNN1CCC(Cl)CC1. The molecule has 0 radical (unpaired) electrons. The van der Waals surface area contributed by atoms with E-state index in [1.54, 1.807) is 0 Å². The molecule has 1 fully saturated rings. The summed E-state index contributed by atoms with van der Waals surface area (Å²) in [5.74, 6) is 0. The predicted octanol–water partition coefficient (Wildman–Crippen LogP) is 1.60. The van der Waals surface area contributed by atoms with Crippen LogP contribution in [0.3, 0.4) is 0 Å². The molecule has 0 atom stereocenters. The van der Waals surface area contributed by atoms with E-state index in [0.29, 0.717) is 5.38 Å². The van der Waals surface area contributed by atoms with E-state index in [0.717, 1.165) is 32.5 Å². The third-order valence-electron chi connectivity index (χ3n) is 2.01. The highest BCUT2D eigenvalue weighted by Crippen LogP contribution is 2.13. The lowest BCUT2D eigenvalue weighted by Gasteiger charge is -2.29. The van der Waals surface area contributed by atoms with Crippen LogP contribution in [0.5, 0.6) is 0 Å². The van der Waals surface area contributed by atoms with Gasteiger partial charge >= 0.3 is 0 Å². The molecule has 1 saturated heterocycles. The first kappa shape index (κ1) is 9.30. The van der Waals surface area contributed by atoms with Gasteiger partial charge < -0.3 is 0 Å². The largest absolute Gasteiger partial charge is 0.255 e. The molecular weight excluding hydrogens is 160 g/mol. The fourth-order valence-corrected chi connectivity index (χ4v) is 1.47. The van der Waals surface area contributed by atoms with Crippen molar-refractivity contribution >= 4 is 11.6 Å². The summed E-state index contributed by atoms with van der Waals surface area (Å²) in [5, 5.41) is 2.69. The second-order valence-corrected chi connectivity index (χ2v) is 3.69. The Hall–Kier alpha value is 0.210. The zero-order valence-corrected chi connectivity index (χ0v) is 7.90. The second kappa shape index (κ2) is 4.96. The quantitative estimate of drug-likeness (QED) is 0.658. The maximum absolute atomic E-state index is 5.96. The Kier molecular flexibility index (Phi) is 4.20. The van der Waals surface area contributed by atoms with Crippen molar-refractivity contribution < 1.29 is 0 Å². The van der Waals surface area contributed by atoms with E-state index in [1.807, 2.05) is 0 Å². The number of rotatable bonds is 3. The fraction of sp³-hybridized carbons (Fsp3) is 1.00. The molecule has 0 spiro atoms. The van der Waals surface area contributed by atoms with Crippen LogP contribution in [0.1, 0.15) is 26.2 Å². The molecule has 0 aromatic rings. The van der Waals surface area contributed by atoms with Crippen molar-refractivity contribution in [3.05, 3.63) is 0 Å². The molecule has 0 aromatic carbocycles. The van der Waals surface area contributed by atoms with Gasteiger partial charge in [-0.3, -0.25) is 5.43 Å². The van der Waals surface area contributed by atoms with Gasteiger partial charge in [-0.2, -0.15) is 0 Å². The predicted molar refractivity (Wildman–Crippen MR) is 48.7 cm³/mol. The van der Waals surface area contributed by atoms with Crippen molar-refractivity contribution in [2.24, 2.45) is 0 Å². The Morgan fingerprint density at radius 2 is 2.09 bits per heavy atom. The van der Waals surface area contributed by atoms with Crippen molar-refractivity contribution in [3.8, 4) is 0 Å². The van der Waals surface area contributed by atoms with Crippen LogP contribution in [0.4, 0.5) is 0 Å². The third kappa shape index (κ3) is 3.41. The van der Waals surface area contributed by atoms with Crippen LogP contribution in [0, 0.1) is 0 Å². The Morgan fingerprint density at radius 1 is 1.45 bits per heavy atom. The maximum Gasteiger partial charge on any atom is 0.0361 e. The number of alkyl halides is 1. The monoisotopic (exact) mass is 176 g/mol. The average Bonchev–Trinajstić information content (AvgIpc) is 2.04. The molecule has 1 rings (SSSR count). The van der Waals surface area contributed by atoms with Gasteiger partial charge in [-0.1, -0.05) is 6.92 Å². The lowest BCUT2D eigenvalue weighted by Crippen LogP contribution is -2.44. The van der Waals surface area contributed by atoms with Crippen molar-refractivity contribution in [3.63, 3.8) is 0 Å². The molecule has 0 saturated carbocycles. The molecule has 0 aliphatic carbocycles. The van der Waals surface area contributed by atoms with E-state index in [2.05, 4.69) is 17.4 Å². The van der Waals surface area contributed by atoms with Crippen LogP contribution in [0.2, 0.25) is 0 Å². The Labute approximate surface area is 73.9 Å². The van der Waals surface area contributed by atoms with Crippen LogP contribution >= 0.6 is 11.6 Å². The number of nitrogens with zero attached hydrogens (tertiary/aromatic N) is 1. The Bertz CT molecular complexity index is 97.5. The first-order valence-corrected chi connectivity index (χ1v) is 4.89. The zero-order chi connectivity index (χ0) is 8.10. The topological polar surface area (TPSA) is 15.3 Å². The zero-order valence-electron chi connectivity index (χ0n) is 7.15. The molecule has 2 nitrogen and oxygen atoms in total. The summed E-state index contributed by atoms with van der Waals surface area (Å²) in [7, 11) is 0. The summed E-state index contributed by atoms with van der Waals surface area (Å²) in [6, 6.07) is 0. The van der Waals surface area contributed by atoms with E-state index in [1.165, 1.54) is 6.42 Å². The molecule has 1 aliphatic rings. The average molecular weight is 177 g/mol. The summed E-state index contributed by atoms with van der Waals surface area (Å²) in [6.07, 6.45) is 3.44. The summed E-state index contributed by atoms with van der Waals surface area (Å²) in [5.41, 5.74) is 3.37. The first-order valence-electron chi connectivity index (χ1n) is 4.45. The number of hydrogen-bond donors (Lipinski definition) is 1. The summed E-state index contributed by atoms with van der Waals surface area (Å²) in [4.78, 5) is 0. The Morgan fingerprint density at radius 3 is 2.64 bits per heavy atom. The fourth-order valence-electron chi connectivity index (χ4n) is 1.28. The van der Waals surface area contributed by atoms with E-state index in [-0.39, 0.29) is 0 Å². The maximum atomic E-state index is 5.96. The molecule has 1 heterocycles. The third-order valence-corrected chi connectivity index (χ3v) is 2.45. The van der Waals surface area contributed by atoms with Gasteiger partial charge in [-0.05, 0) is 19.3 Å². The van der Waals surface area contributed by atoms with Gasteiger partial charge in [0.05, 0.1) is 0 Å².